The molecule has 1 aromatic rings. The van der Waals surface area contributed by atoms with E-state index in [2.05, 4.69) is 23.0 Å². The van der Waals surface area contributed by atoms with Crippen LogP contribution in [0.5, 0.6) is 0 Å². The summed E-state index contributed by atoms with van der Waals surface area (Å²) in [5, 5.41) is 9.24. The molecule has 1 aromatic heterocycles. The van der Waals surface area contributed by atoms with E-state index in [4.69, 9.17) is 0 Å². The highest BCUT2D eigenvalue weighted by molar-refractivity contribution is 5.77. The van der Waals surface area contributed by atoms with Gasteiger partial charge >= 0.3 is 0 Å². The number of likely N-dealkylation sites (tertiary alicyclic amines) is 1. The third kappa shape index (κ3) is 2.29. The third-order valence-electron chi connectivity index (χ3n) is 2.98. The van der Waals surface area contributed by atoms with E-state index in [0.717, 1.165) is 37.2 Å². The zero-order chi connectivity index (χ0) is 11.4. The topological polar surface area (TPSA) is 39.9 Å². The van der Waals surface area contributed by atoms with Gasteiger partial charge in [0, 0.05) is 19.3 Å². The van der Waals surface area contributed by atoms with Crippen LogP contribution in [0.25, 0.3) is 5.57 Å². The second-order valence-electron chi connectivity index (χ2n) is 4.11. The second kappa shape index (κ2) is 4.91. The first-order valence-corrected chi connectivity index (χ1v) is 5.53. The molecule has 1 aliphatic heterocycles. The van der Waals surface area contributed by atoms with Crippen molar-refractivity contribution in [1.82, 2.24) is 9.88 Å². The van der Waals surface area contributed by atoms with Crippen molar-refractivity contribution in [3.05, 3.63) is 35.7 Å². The van der Waals surface area contributed by atoms with Crippen LogP contribution >= 0.6 is 0 Å². The van der Waals surface area contributed by atoms with E-state index < -0.39 is 0 Å². The van der Waals surface area contributed by atoms with Gasteiger partial charge in [-0.25, -0.2) is 0 Å². The summed E-state index contributed by atoms with van der Waals surface area (Å²) in [5.74, 6) is 0. The van der Waals surface area contributed by atoms with Gasteiger partial charge in [-0.15, -0.1) is 0 Å². The fourth-order valence-electron chi connectivity index (χ4n) is 1.97. The second-order valence-corrected chi connectivity index (χ2v) is 4.11. The molecule has 1 saturated heterocycles. The molecule has 2 heterocycles. The van der Waals surface area contributed by atoms with Crippen molar-refractivity contribution in [3.8, 4) is 6.07 Å². The molecule has 0 atom stereocenters. The maximum absolute atomic E-state index is 9.24. The zero-order valence-electron chi connectivity index (χ0n) is 9.48. The minimum absolute atomic E-state index is 0.772. The van der Waals surface area contributed by atoms with Crippen LogP contribution in [0.15, 0.2) is 30.0 Å². The Labute approximate surface area is 96.0 Å². The van der Waals surface area contributed by atoms with E-state index in [1.165, 1.54) is 5.57 Å². The summed E-state index contributed by atoms with van der Waals surface area (Å²) in [4.78, 5) is 6.54. The number of allylic oxidation sites excluding steroid dienone is 1. The quantitative estimate of drug-likeness (QED) is 0.670. The van der Waals surface area contributed by atoms with Gasteiger partial charge in [-0.2, -0.15) is 5.26 Å². The molecule has 0 N–H and O–H groups in total. The first-order chi connectivity index (χ1) is 7.81. The first-order valence-electron chi connectivity index (χ1n) is 5.53. The number of hydrogen-bond acceptors (Lipinski definition) is 3. The van der Waals surface area contributed by atoms with Crippen molar-refractivity contribution < 1.29 is 0 Å². The summed E-state index contributed by atoms with van der Waals surface area (Å²) in [6, 6.07) is 8.01. The van der Waals surface area contributed by atoms with Gasteiger partial charge in [0.1, 0.15) is 6.07 Å². The number of hydrogen-bond donors (Lipinski definition) is 0. The molecule has 0 aromatic carbocycles. The molecule has 0 bridgehead atoms. The molecule has 3 heteroatoms. The van der Waals surface area contributed by atoms with E-state index in [-0.39, 0.29) is 0 Å². The van der Waals surface area contributed by atoms with Crippen LogP contribution in [0.1, 0.15) is 18.5 Å². The molecule has 2 rings (SSSR count). The summed E-state index contributed by atoms with van der Waals surface area (Å²) in [7, 11) is 2.11. The number of rotatable bonds is 1. The SMILES string of the molecule is CN1CCC(=C(C#N)c2ccccn2)CC1. The monoisotopic (exact) mass is 213 g/mol. The van der Waals surface area contributed by atoms with E-state index >= 15 is 0 Å². The summed E-state index contributed by atoms with van der Waals surface area (Å²) in [6.07, 6.45) is 3.70. The molecule has 0 amide bonds. The minimum atomic E-state index is 0.772. The van der Waals surface area contributed by atoms with Crippen molar-refractivity contribution in [2.75, 3.05) is 20.1 Å². The molecule has 0 unspecified atom stereocenters. The molecular weight excluding hydrogens is 198 g/mol. The lowest BCUT2D eigenvalue weighted by Crippen LogP contribution is -2.26. The third-order valence-corrected chi connectivity index (χ3v) is 2.98. The van der Waals surface area contributed by atoms with Crippen molar-refractivity contribution >= 4 is 5.57 Å². The zero-order valence-corrected chi connectivity index (χ0v) is 9.48. The molecule has 82 valence electrons. The molecule has 1 aliphatic rings. The maximum atomic E-state index is 9.24. The van der Waals surface area contributed by atoms with Crippen LogP contribution in [-0.2, 0) is 0 Å². The van der Waals surface area contributed by atoms with Gasteiger partial charge < -0.3 is 4.90 Å². The van der Waals surface area contributed by atoms with Crippen LogP contribution in [0.3, 0.4) is 0 Å². The van der Waals surface area contributed by atoms with Crippen LogP contribution in [0, 0.1) is 11.3 Å². The van der Waals surface area contributed by atoms with E-state index in [1.54, 1.807) is 6.20 Å². The van der Waals surface area contributed by atoms with E-state index in [9.17, 15) is 5.26 Å². The Morgan fingerprint density at radius 1 is 1.38 bits per heavy atom. The number of aromatic nitrogens is 1. The summed E-state index contributed by atoms with van der Waals surface area (Å²) in [5.41, 5.74) is 2.83. The summed E-state index contributed by atoms with van der Waals surface area (Å²) < 4.78 is 0. The van der Waals surface area contributed by atoms with Crippen molar-refractivity contribution in [2.24, 2.45) is 0 Å². The normalized spacial score (nSPS) is 16.9. The van der Waals surface area contributed by atoms with Gasteiger partial charge in [0.25, 0.3) is 0 Å². The van der Waals surface area contributed by atoms with Gasteiger partial charge in [0.2, 0.25) is 0 Å². The van der Waals surface area contributed by atoms with Crippen LogP contribution in [0.4, 0.5) is 0 Å². The Kier molecular flexibility index (Phi) is 3.33. The maximum Gasteiger partial charge on any atom is 0.101 e. The number of piperidine rings is 1. The molecule has 0 radical (unpaired) electrons. The van der Waals surface area contributed by atoms with Crippen molar-refractivity contribution in [2.45, 2.75) is 12.8 Å². The average molecular weight is 213 g/mol. The molecule has 0 aliphatic carbocycles. The summed E-state index contributed by atoms with van der Waals surface area (Å²) >= 11 is 0. The van der Waals surface area contributed by atoms with Crippen molar-refractivity contribution in [3.63, 3.8) is 0 Å². The Morgan fingerprint density at radius 2 is 2.12 bits per heavy atom. The standard InChI is InChI=1S/C13H15N3/c1-16-8-5-11(6-9-16)12(10-14)13-4-2-3-7-15-13/h2-4,7H,5-6,8-9H2,1H3. The van der Waals surface area contributed by atoms with Gasteiger partial charge in [-0.1, -0.05) is 6.07 Å². The predicted molar refractivity (Wildman–Crippen MR) is 63.5 cm³/mol. The lowest BCUT2D eigenvalue weighted by Gasteiger charge is -2.24. The van der Waals surface area contributed by atoms with Crippen LogP contribution in [0.2, 0.25) is 0 Å². The Balaban J connectivity index is 2.30. The van der Waals surface area contributed by atoms with Gasteiger partial charge in [-0.3, -0.25) is 4.98 Å². The molecule has 16 heavy (non-hydrogen) atoms. The highest BCUT2D eigenvalue weighted by atomic mass is 15.1. The summed E-state index contributed by atoms with van der Waals surface area (Å²) in [6.45, 7) is 2.07. The lowest BCUT2D eigenvalue weighted by molar-refractivity contribution is 0.313. The van der Waals surface area contributed by atoms with Crippen molar-refractivity contribution in [1.29, 1.82) is 5.26 Å². The predicted octanol–water partition coefficient (Wildman–Crippen LogP) is 2.08. The van der Waals surface area contributed by atoms with E-state index in [1.807, 2.05) is 18.2 Å². The highest BCUT2D eigenvalue weighted by Crippen LogP contribution is 2.24. The Bertz CT molecular complexity index is 418. The highest BCUT2D eigenvalue weighted by Gasteiger charge is 2.15. The van der Waals surface area contributed by atoms with E-state index in [0.29, 0.717) is 0 Å². The molecular formula is C13H15N3. The van der Waals surface area contributed by atoms with Gasteiger partial charge in [0.05, 0.1) is 11.3 Å². The molecule has 0 saturated carbocycles. The smallest absolute Gasteiger partial charge is 0.101 e. The van der Waals surface area contributed by atoms with Crippen LogP contribution < -0.4 is 0 Å². The first kappa shape index (κ1) is 10.8. The molecule has 0 spiro atoms. The molecule has 1 fully saturated rings. The lowest BCUT2D eigenvalue weighted by atomic mass is 9.96. The fourth-order valence-corrected chi connectivity index (χ4v) is 1.97. The Hall–Kier alpha value is -1.66. The Morgan fingerprint density at radius 3 is 2.69 bits per heavy atom. The van der Waals surface area contributed by atoms with Gasteiger partial charge in [0.15, 0.2) is 0 Å². The van der Waals surface area contributed by atoms with Gasteiger partial charge in [-0.05, 0) is 37.6 Å². The number of nitriles is 1. The molecule has 3 nitrogen and oxygen atoms in total. The van der Waals surface area contributed by atoms with Crippen LogP contribution in [-0.4, -0.2) is 30.0 Å². The fraction of sp³-hybridized carbons (Fsp3) is 0.385. The average Bonchev–Trinajstić information content (AvgIpc) is 2.34. The number of pyridine rings is 1. The minimum Gasteiger partial charge on any atom is -0.306 e. The largest absolute Gasteiger partial charge is 0.306 e. The number of nitrogens with zero attached hydrogens (tertiary/aromatic N) is 3.